The molecule has 1 aromatic carbocycles. The average Bonchev–Trinajstić information content (AvgIpc) is 2.71. The van der Waals surface area contributed by atoms with Gasteiger partial charge in [0.15, 0.2) is 0 Å². The Morgan fingerprint density at radius 3 is 2.63 bits per heavy atom. The number of benzene rings is 1. The molecule has 0 saturated carbocycles. The van der Waals surface area contributed by atoms with Crippen LogP contribution in [0.25, 0.3) is 0 Å². The number of halogens is 1. The van der Waals surface area contributed by atoms with Crippen LogP contribution in [0.15, 0.2) is 22.7 Å². The van der Waals surface area contributed by atoms with Crippen LogP contribution >= 0.6 is 15.9 Å². The van der Waals surface area contributed by atoms with Gasteiger partial charge in [-0.2, -0.15) is 0 Å². The summed E-state index contributed by atoms with van der Waals surface area (Å²) in [6.45, 7) is 4.60. The number of hydrogen-bond donors (Lipinski definition) is 1. The Labute approximate surface area is 121 Å². The second-order valence-electron chi connectivity index (χ2n) is 5.17. The lowest BCUT2D eigenvalue weighted by atomic mass is 10.0. The third-order valence-corrected chi connectivity index (χ3v) is 4.09. The van der Waals surface area contributed by atoms with Crippen LogP contribution in [0.5, 0.6) is 0 Å². The summed E-state index contributed by atoms with van der Waals surface area (Å²) < 4.78 is 0.872. The zero-order chi connectivity index (χ0) is 14.2. The molecule has 2 amide bonds. The van der Waals surface area contributed by atoms with Gasteiger partial charge < -0.3 is 10.6 Å². The quantitative estimate of drug-likeness (QED) is 0.927. The van der Waals surface area contributed by atoms with Gasteiger partial charge in [0.2, 0.25) is 11.8 Å². The first-order chi connectivity index (χ1) is 8.90. The summed E-state index contributed by atoms with van der Waals surface area (Å²) in [5, 5.41) is 0. The van der Waals surface area contributed by atoms with Crippen molar-refractivity contribution in [1.82, 2.24) is 0 Å². The van der Waals surface area contributed by atoms with Crippen LogP contribution in [0.3, 0.4) is 0 Å². The van der Waals surface area contributed by atoms with E-state index in [9.17, 15) is 9.59 Å². The van der Waals surface area contributed by atoms with E-state index < -0.39 is 5.91 Å². The molecule has 0 spiro atoms. The van der Waals surface area contributed by atoms with E-state index in [0.717, 1.165) is 10.2 Å². The number of carbonyl (C=O) groups excluding carboxylic acids is 2. The van der Waals surface area contributed by atoms with Crippen molar-refractivity contribution in [2.45, 2.75) is 26.2 Å². The Morgan fingerprint density at radius 1 is 1.47 bits per heavy atom. The topological polar surface area (TPSA) is 63.4 Å². The second-order valence-corrected chi connectivity index (χ2v) is 6.03. The van der Waals surface area contributed by atoms with Crippen molar-refractivity contribution in [1.29, 1.82) is 0 Å². The van der Waals surface area contributed by atoms with Gasteiger partial charge in [-0.05, 0) is 39.5 Å². The van der Waals surface area contributed by atoms with E-state index in [1.807, 2.05) is 18.2 Å². The Morgan fingerprint density at radius 2 is 2.16 bits per heavy atom. The van der Waals surface area contributed by atoms with Crippen LogP contribution in [-0.2, 0) is 9.59 Å². The number of anilines is 1. The summed E-state index contributed by atoms with van der Waals surface area (Å²) in [5.41, 5.74) is 7.28. The van der Waals surface area contributed by atoms with E-state index in [1.54, 1.807) is 4.90 Å². The summed E-state index contributed by atoms with van der Waals surface area (Å²) in [6.07, 6.45) is 0.202. The predicted octanol–water partition coefficient (Wildman–Crippen LogP) is 2.41. The molecule has 1 fully saturated rings. The molecule has 0 aromatic heterocycles. The fraction of sp³-hybridized carbons (Fsp3) is 0.429. The number of amides is 2. The highest BCUT2D eigenvalue weighted by Gasteiger charge is 2.34. The van der Waals surface area contributed by atoms with Gasteiger partial charge in [-0.25, -0.2) is 0 Å². The van der Waals surface area contributed by atoms with Gasteiger partial charge in [-0.1, -0.05) is 19.9 Å². The fourth-order valence-electron chi connectivity index (χ4n) is 2.23. The maximum absolute atomic E-state index is 12.0. The standard InChI is InChI=1S/C14H17BrN2O2/c1-8(2)9-3-4-12(11(15)5-9)17-7-10(14(16)19)6-13(17)18/h3-5,8,10H,6-7H2,1-2H3,(H2,16,19). The monoisotopic (exact) mass is 324 g/mol. The summed E-state index contributed by atoms with van der Waals surface area (Å²) in [4.78, 5) is 24.8. The molecule has 1 aliphatic heterocycles. The molecular formula is C14H17BrN2O2. The molecule has 1 saturated heterocycles. The minimum atomic E-state index is -0.411. The molecule has 2 N–H and O–H groups in total. The molecule has 1 aromatic rings. The third-order valence-electron chi connectivity index (χ3n) is 3.46. The summed E-state index contributed by atoms with van der Waals surface area (Å²) in [7, 11) is 0. The van der Waals surface area contributed by atoms with Gasteiger partial charge in [-0.3, -0.25) is 9.59 Å². The Balaban J connectivity index is 2.28. The van der Waals surface area contributed by atoms with Crippen molar-refractivity contribution in [2.75, 3.05) is 11.4 Å². The molecule has 4 nitrogen and oxygen atoms in total. The van der Waals surface area contributed by atoms with Gasteiger partial charge >= 0.3 is 0 Å². The van der Waals surface area contributed by atoms with E-state index in [4.69, 9.17) is 5.73 Å². The largest absolute Gasteiger partial charge is 0.369 e. The first kappa shape index (κ1) is 14.1. The number of nitrogens with zero attached hydrogens (tertiary/aromatic N) is 1. The third kappa shape index (κ3) is 2.81. The molecule has 1 heterocycles. The molecule has 1 atom stereocenters. The summed E-state index contributed by atoms with van der Waals surface area (Å²) >= 11 is 3.50. The lowest BCUT2D eigenvalue weighted by Crippen LogP contribution is -2.28. The minimum Gasteiger partial charge on any atom is -0.369 e. The second kappa shape index (κ2) is 5.33. The molecule has 19 heavy (non-hydrogen) atoms. The van der Waals surface area contributed by atoms with Crippen LogP contribution in [0.2, 0.25) is 0 Å². The summed E-state index contributed by atoms with van der Waals surface area (Å²) in [6, 6.07) is 5.95. The van der Waals surface area contributed by atoms with E-state index in [1.165, 1.54) is 5.56 Å². The number of carbonyl (C=O) groups is 2. The lowest BCUT2D eigenvalue weighted by Gasteiger charge is -2.19. The molecule has 102 valence electrons. The molecule has 1 aliphatic rings. The van der Waals surface area contributed by atoms with Crippen molar-refractivity contribution in [3.63, 3.8) is 0 Å². The smallest absolute Gasteiger partial charge is 0.227 e. The highest BCUT2D eigenvalue weighted by atomic mass is 79.9. The van der Waals surface area contributed by atoms with Crippen LogP contribution in [0.4, 0.5) is 5.69 Å². The first-order valence-corrected chi connectivity index (χ1v) is 7.08. The minimum absolute atomic E-state index is 0.0539. The van der Waals surface area contributed by atoms with Gasteiger partial charge in [0.25, 0.3) is 0 Å². The molecule has 2 rings (SSSR count). The molecule has 0 bridgehead atoms. The van der Waals surface area contributed by atoms with Gasteiger partial charge in [0.1, 0.15) is 0 Å². The van der Waals surface area contributed by atoms with Crippen LogP contribution in [0.1, 0.15) is 31.7 Å². The van der Waals surface area contributed by atoms with Crippen molar-refractivity contribution in [3.8, 4) is 0 Å². The van der Waals surface area contributed by atoms with Crippen molar-refractivity contribution in [2.24, 2.45) is 11.7 Å². The first-order valence-electron chi connectivity index (χ1n) is 6.29. The normalized spacial score (nSPS) is 19.3. The van der Waals surface area contributed by atoms with E-state index >= 15 is 0 Å². The molecule has 1 unspecified atom stereocenters. The van der Waals surface area contributed by atoms with Crippen LogP contribution in [0, 0.1) is 5.92 Å². The van der Waals surface area contributed by atoms with Gasteiger partial charge in [-0.15, -0.1) is 0 Å². The van der Waals surface area contributed by atoms with Gasteiger partial charge in [0, 0.05) is 17.4 Å². The maximum Gasteiger partial charge on any atom is 0.227 e. The molecule has 0 radical (unpaired) electrons. The van der Waals surface area contributed by atoms with Crippen molar-refractivity contribution < 1.29 is 9.59 Å². The maximum atomic E-state index is 12.0. The fourth-order valence-corrected chi connectivity index (χ4v) is 2.84. The molecular weight excluding hydrogens is 308 g/mol. The zero-order valence-corrected chi connectivity index (χ0v) is 12.6. The summed E-state index contributed by atoms with van der Waals surface area (Å²) in [5.74, 6) is -0.422. The van der Waals surface area contributed by atoms with Crippen LogP contribution in [-0.4, -0.2) is 18.4 Å². The van der Waals surface area contributed by atoms with E-state index in [-0.39, 0.29) is 18.2 Å². The van der Waals surface area contributed by atoms with E-state index in [0.29, 0.717) is 12.5 Å². The average molecular weight is 325 g/mol. The zero-order valence-electron chi connectivity index (χ0n) is 11.0. The lowest BCUT2D eigenvalue weighted by molar-refractivity contribution is -0.123. The van der Waals surface area contributed by atoms with Crippen molar-refractivity contribution in [3.05, 3.63) is 28.2 Å². The Bertz CT molecular complexity index is 528. The Hall–Kier alpha value is -1.36. The predicted molar refractivity (Wildman–Crippen MR) is 77.9 cm³/mol. The van der Waals surface area contributed by atoms with Gasteiger partial charge in [0.05, 0.1) is 11.6 Å². The molecule has 0 aliphatic carbocycles. The number of hydrogen-bond acceptors (Lipinski definition) is 2. The number of primary amides is 1. The molecule has 5 heteroatoms. The highest BCUT2D eigenvalue weighted by molar-refractivity contribution is 9.10. The number of nitrogens with two attached hydrogens (primary N) is 1. The SMILES string of the molecule is CC(C)c1ccc(N2CC(C(N)=O)CC2=O)c(Br)c1. The van der Waals surface area contributed by atoms with Crippen molar-refractivity contribution >= 4 is 33.4 Å². The van der Waals surface area contributed by atoms with E-state index in [2.05, 4.69) is 29.8 Å². The van der Waals surface area contributed by atoms with Crippen LogP contribution < -0.4 is 10.6 Å². The highest BCUT2D eigenvalue weighted by Crippen LogP contribution is 2.33. The number of rotatable bonds is 3. The Kier molecular flexibility index (Phi) is 3.94.